The molecule has 0 aliphatic rings. The van der Waals surface area contributed by atoms with Crippen LogP contribution in [0.3, 0.4) is 0 Å². The highest BCUT2D eigenvalue weighted by atomic mass is 35.5. The molecule has 0 fully saturated rings. The predicted molar refractivity (Wildman–Crippen MR) is 76.7 cm³/mol. The van der Waals surface area contributed by atoms with Crippen molar-refractivity contribution in [3.63, 3.8) is 0 Å². The number of pyridine rings is 3. The lowest BCUT2D eigenvalue weighted by molar-refractivity contribution is 0.102. The van der Waals surface area contributed by atoms with Gasteiger partial charge in [0.25, 0.3) is 5.91 Å². The summed E-state index contributed by atoms with van der Waals surface area (Å²) in [6.07, 6.45) is 1.56. The van der Waals surface area contributed by atoms with Gasteiger partial charge in [0, 0.05) is 11.6 Å². The van der Waals surface area contributed by atoms with Crippen LogP contribution in [0.4, 0.5) is 5.82 Å². The number of anilines is 1. The number of nitrogens with one attached hydrogen (secondary N) is 1. The average molecular weight is 285 g/mol. The lowest BCUT2D eigenvalue weighted by Gasteiger charge is -2.04. The molecule has 0 aliphatic heterocycles. The van der Waals surface area contributed by atoms with Crippen LogP contribution in [0, 0.1) is 0 Å². The van der Waals surface area contributed by atoms with Crippen molar-refractivity contribution >= 4 is 34.4 Å². The molecule has 1 N–H and O–H groups in total. The summed E-state index contributed by atoms with van der Waals surface area (Å²) in [4.78, 5) is 24.3. The largest absolute Gasteiger partial charge is 0.305 e. The Morgan fingerprint density at radius 3 is 2.70 bits per heavy atom. The van der Waals surface area contributed by atoms with Crippen molar-refractivity contribution in [2.75, 3.05) is 5.32 Å². The highest BCUT2D eigenvalue weighted by Crippen LogP contribution is 2.16. The Hall–Kier alpha value is -2.53. The molecule has 1 amide bonds. The summed E-state index contributed by atoms with van der Waals surface area (Å²) in [5.41, 5.74) is 0.810. The maximum atomic E-state index is 12.0. The highest BCUT2D eigenvalue weighted by Gasteiger charge is 2.08. The third kappa shape index (κ3) is 2.57. The van der Waals surface area contributed by atoms with Crippen molar-refractivity contribution in [2.45, 2.75) is 0 Å². The number of carbonyl (C=O) groups is 1. The minimum Gasteiger partial charge on any atom is -0.305 e. The fourth-order valence-electron chi connectivity index (χ4n) is 1.72. The summed E-state index contributed by atoms with van der Waals surface area (Å²) in [5, 5.41) is 3.89. The van der Waals surface area contributed by atoms with Crippen LogP contribution in [-0.2, 0) is 0 Å². The van der Waals surface area contributed by atoms with E-state index in [0.29, 0.717) is 22.3 Å². The van der Waals surface area contributed by atoms with Crippen LogP contribution in [0.2, 0.25) is 5.15 Å². The summed E-state index contributed by atoms with van der Waals surface area (Å²) in [7, 11) is 0. The second-order valence-corrected chi connectivity index (χ2v) is 4.43. The number of rotatable bonds is 2. The Morgan fingerprint density at radius 1 is 1.05 bits per heavy atom. The van der Waals surface area contributed by atoms with Crippen LogP contribution < -0.4 is 5.32 Å². The van der Waals surface area contributed by atoms with Gasteiger partial charge in [0.1, 0.15) is 16.7 Å². The van der Waals surface area contributed by atoms with Gasteiger partial charge in [0.05, 0.1) is 0 Å². The van der Waals surface area contributed by atoms with E-state index in [2.05, 4.69) is 20.3 Å². The molecular weight excluding hydrogens is 276 g/mol. The molecule has 6 heteroatoms. The summed E-state index contributed by atoms with van der Waals surface area (Å²) < 4.78 is 0. The van der Waals surface area contributed by atoms with Crippen molar-refractivity contribution < 1.29 is 4.79 Å². The van der Waals surface area contributed by atoms with Gasteiger partial charge in [-0.15, -0.1) is 0 Å². The van der Waals surface area contributed by atoms with Gasteiger partial charge in [-0.25, -0.2) is 9.97 Å². The van der Waals surface area contributed by atoms with Crippen molar-refractivity contribution in [1.29, 1.82) is 0 Å². The molecule has 3 aromatic rings. The average Bonchev–Trinajstić information content (AvgIpc) is 2.47. The highest BCUT2D eigenvalue weighted by molar-refractivity contribution is 6.29. The third-order valence-corrected chi connectivity index (χ3v) is 2.87. The SMILES string of the molecule is O=C(Nc1ccc2ccc(Cl)nc2n1)c1ccccn1. The van der Waals surface area contributed by atoms with E-state index in [-0.39, 0.29) is 5.91 Å². The van der Waals surface area contributed by atoms with Crippen LogP contribution in [0.15, 0.2) is 48.7 Å². The summed E-state index contributed by atoms with van der Waals surface area (Å²) >= 11 is 5.82. The topological polar surface area (TPSA) is 67.8 Å². The van der Waals surface area contributed by atoms with Crippen LogP contribution in [0.1, 0.15) is 10.5 Å². The van der Waals surface area contributed by atoms with Crippen molar-refractivity contribution in [2.24, 2.45) is 0 Å². The monoisotopic (exact) mass is 284 g/mol. The number of carbonyl (C=O) groups excluding carboxylic acids is 1. The van der Waals surface area contributed by atoms with E-state index in [1.807, 2.05) is 12.1 Å². The van der Waals surface area contributed by atoms with E-state index in [1.165, 1.54) is 0 Å². The van der Waals surface area contributed by atoms with E-state index < -0.39 is 0 Å². The zero-order chi connectivity index (χ0) is 13.9. The standard InChI is InChI=1S/C14H9ClN4O/c15-11-6-4-9-5-7-12(18-13(9)17-11)19-14(20)10-3-1-2-8-16-10/h1-8H,(H,17,18,19,20). The van der Waals surface area contributed by atoms with Crippen molar-refractivity contribution in [1.82, 2.24) is 15.0 Å². The maximum Gasteiger partial charge on any atom is 0.275 e. The molecule has 20 heavy (non-hydrogen) atoms. The summed E-state index contributed by atoms with van der Waals surface area (Å²) in [5.74, 6) is 0.0856. The first-order valence-corrected chi connectivity index (χ1v) is 6.26. The molecule has 0 saturated carbocycles. The maximum absolute atomic E-state index is 12.0. The van der Waals surface area contributed by atoms with Crippen molar-refractivity contribution in [3.8, 4) is 0 Å². The number of hydrogen-bond donors (Lipinski definition) is 1. The Balaban J connectivity index is 1.89. The van der Waals surface area contributed by atoms with Gasteiger partial charge in [-0.05, 0) is 36.4 Å². The number of hydrogen-bond acceptors (Lipinski definition) is 4. The third-order valence-electron chi connectivity index (χ3n) is 2.66. The second-order valence-electron chi connectivity index (χ2n) is 4.05. The molecule has 0 bridgehead atoms. The molecule has 3 aromatic heterocycles. The Labute approximate surface area is 119 Å². The first-order chi connectivity index (χ1) is 9.72. The molecular formula is C14H9ClN4O. The van der Waals surface area contributed by atoms with E-state index >= 15 is 0 Å². The second kappa shape index (κ2) is 5.22. The Morgan fingerprint density at radius 2 is 1.90 bits per heavy atom. The van der Waals surface area contributed by atoms with Gasteiger partial charge in [-0.2, -0.15) is 0 Å². The number of fused-ring (bicyclic) bond motifs is 1. The Kier molecular flexibility index (Phi) is 3.26. The fraction of sp³-hybridized carbons (Fsp3) is 0. The minimum atomic E-state index is -0.320. The van der Waals surface area contributed by atoms with Crippen LogP contribution >= 0.6 is 11.6 Å². The smallest absolute Gasteiger partial charge is 0.275 e. The Bertz CT molecular complexity index is 776. The number of amides is 1. The van der Waals surface area contributed by atoms with E-state index in [9.17, 15) is 4.79 Å². The first kappa shape index (κ1) is 12.5. The zero-order valence-electron chi connectivity index (χ0n) is 10.2. The molecule has 0 saturated heterocycles. The molecule has 0 aromatic carbocycles. The van der Waals surface area contributed by atoms with E-state index in [1.54, 1.807) is 36.5 Å². The number of halogens is 1. The normalized spacial score (nSPS) is 10.4. The first-order valence-electron chi connectivity index (χ1n) is 5.88. The molecule has 0 spiro atoms. The summed E-state index contributed by atoms with van der Waals surface area (Å²) in [6.45, 7) is 0. The predicted octanol–water partition coefficient (Wildman–Crippen LogP) is 2.93. The number of nitrogens with zero attached hydrogens (tertiary/aromatic N) is 3. The van der Waals surface area contributed by atoms with Gasteiger partial charge < -0.3 is 5.32 Å². The van der Waals surface area contributed by atoms with Crippen molar-refractivity contribution in [3.05, 3.63) is 59.5 Å². The van der Waals surface area contributed by atoms with Crippen LogP contribution in [0.5, 0.6) is 0 Å². The zero-order valence-corrected chi connectivity index (χ0v) is 11.0. The molecule has 0 atom stereocenters. The molecule has 0 radical (unpaired) electrons. The lowest BCUT2D eigenvalue weighted by Crippen LogP contribution is -2.14. The molecule has 0 unspecified atom stereocenters. The number of aromatic nitrogens is 3. The fourth-order valence-corrected chi connectivity index (χ4v) is 1.87. The quantitative estimate of drug-likeness (QED) is 0.735. The van der Waals surface area contributed by atoms with E-state index in [4.69, 9.17) is 11.6 Å². The van der Waals surface area contributed by atoms with Crippen LogP contribution in [0.25, 0.3) is 11.0 Å². The van der Waals surface area contributed by atoms with Crippen LogP contribution in [-0.4, -0.2) is 20.9 Å². The molecule has 3 rings (SSSR count). The van der Waals surface area contributed by atoms with Gasteiger partial charge in [-0.3, -0.25) is 9.78 Å². The molecule has 0 aliphatic carbocycles. The van der Waals surface area contributed by atoms with Gasteiger partial charge in [0.15, 0.2) is 5.65 Å². The lowest BCUT2D eigenvalue weighted by atomic mass is 10.3. The van der Waals surface area contributed by atoms with Gasteiger partial charge in [0.2, 0.25) is 0 Å². The molecule has 98 valence electrons. The summed E-state index contributed by atoms with van der Waals surface area (Å²) in [6, 6.07) is 12.2. The van der Waals surface area contributed by atoms with E-state index in [0.717, 1.165) is 5.39 Å². The minimum absolute atomic E-state index is 0.320. The molecule has 5 nitrogen and oxygen atoms in total. The molecule has 3 heterocycles. The van der Waals surface area contributed by atoms with Gasteiger partial charge in [-0.1, -0.05) is 17.7 Å². The van der Waals surface area contributed by atoms with Gasteiger partial charge >= 0.3 is 0 Å².